The Morgan fingerprint density at radius 3 is 2.05 bits per heavy atom. The van der Waals surface area contributed by atoms with Gasteiger partial charge in [0.05, 0.1) is 5.02 Å². The highest BCUT2D eigenvalue weighted by molar-refractivity contribution is 9.10. The summed E-state index contributed by atoms with van der Waals surface area (Å²) in [5, 5.41) is 0.417. The van der Waals surface area contributed by atoms with Gasteiger partial charge in [-0.1, -0.05) is 56.8 Å². The highest BCUT2D eigenvalue weighted by Crippen LogP contribution is 2.35. The second-order valence-corrected chi connectivity index (χ2v) is 10.9. The standard InChI is InChI=1S/C29H23BrCl3F3N2O2/c1-16-21(32)5-7-26(29(16)36)40-28-15-22(33)23(34)12-18(28)9-11-38-37-10-8-17-2-3-19(30)13-27(17)39-25-6-4-20(31)14-24(25)35/h2-7,12-15,37-38H,8-11H2,1H3. The topological polar surface area (TPSA) is 42.5 Å². The van der Waals surface area contributed by atoms with Crippen LogP contribution in [0.2, 0.25) is 15.1 Å². The molecule has 4 aromatic carbocycles. The summed E-state index contributed by atoms with van der Waals surface area (Å²) in [6.07, 6.45) is 0.914. The van der Waals surface area contributed by atoms with Gasteiger partial charge in [-0.2, -0.15) is 0 Å². The van der Waals surface area contributed by atoms with Crippen LogP contribution in [0.4, 0.5) is 13.2 Å². The largest absolute Gasteiger partial charge is 0.454 e. The quantitative estimate of drug-likeness (QED) is 0.123. The summed E-state index contributed by atoms with van der Waals surface area (Å²) in [4.78, 5) is 0. The van der Waals surface area contributed by atoms with Crippen molar-refractivity contribution < 1.29 is 22.6 Å². The van der Waals surface area contributed by atoms with Crippen LogP contribution in [-0.4, -0.2) is 13.1 Å². The zero-order valence-electron chi connectivity index (χ0n) is 21.1. The molecule has 2 N–H and O–H groups in total. The van der Waals surface area contributed by atoms with Crippen LogP contribution in [0.5, 0.6) is 23.0 Å². The van der Waals surface area contributed by atoms with Crippen molar-refractivity contribution in [3.8, 4) is 23.0 Å². The maximum Gasteiger partial charge on any atom is 0.170 e. The Morgan fingerprint density at radius 1 is 0.675 bits per heavy atom. The van der Waals surface area contributed by atoms with Crippen molar-refractivity contribution in [3.05, 3.63) is 114 Å². The molecule has 4 rings (SSSR count). The van der Waals surface area contributed by atoms with Crippen LogP contribution in [-0.2, 0) is 12.8 Å². The van der Waals surface area contributed by atoms with E-state index >= 15 is 0 Å². The predicted molar refractivity (Wildman–Crippen MR) is 157 cm³/mol. The molecule has 4 nitrogen and oxygen atoms in total. The zero-order chi connectivity index (χ0) is 28.8. The second-order valence-electron chi connectivity index (χ2n) is 8.74. The zero-order valence-corrected chi connectivity index (χ0v) is 24.9. The minimum Gasteiger partial charge on any atom is -0.454 e. The number of benzene rings is 4. The molecule has 40 heavy (non-hydrogen) atoms. The van der Waals surface area contributed by atoms with Crippen LogP contribution in [0.25, 0.3) is 0 Å². The maximum atomic E-state index is 14.6. The first-order valence-electron chi connectivity index (χ1n) is 12.1. The molecular formula is C29H23BrCl3F3N2O2. The molecule has 0 aliphatic rings. The highest BCUT2D eigenvalue weighted by Gasteiger charge is 2.16. The molecule has 0 saturated carbocycles. The lowest BCUT2D eigenvalue weighted by molar-refractivity contribution is 0.431. The molecule has 0 amide bonds. The molecule has 0 radical (unpaired) electrons. The van der Waals surface area contributed by atoms with Crippen LogP contribution in [0.1, 0.15) is 16.7 Å². The molecule has 0 bridgehead atoms. The lowest BCUT2D eigenvalue weighted by Crippen LogP contribution is -2.35. The Morgan fingerprint density at radius 2 is 1.32 bits per heavy atom. The predicted octanol–water partition coefficient (Wildman–Crippen LogP) is 9.60. The molecule has 0 fully saturated rings. The Hall–Kier alpha value is -2.46. The average molecular weight is 675 g/mol. The third kappa shape index (κ3) is 7.84. The van der Waals surface area contributed by atoms with Crippen LogP contribution in [0.3, 0.4) is 0 Å². The van der Waals surface area contributed by atoms with Crippen LogP contribution >= 0.6 is 50.7 Å². The first-order chi connectivity index (χ1) is 19.1. The van der Waals surface area contributed by atoms with Gasteiger partial charge in [-0.3, -0.25) is 10.9 Å². The number of halogens is 7. The molecule has 0 atom stereocenters. The molecule has 0 aliphatic carbocycles. The molecule has 11 heteroatoms. The monoisotopic (exact) mass is 672 g/mol. The summed E-state index contributed by atoms with van der Waals surface area (Å²) in [5.74, 6) is -1.01. The van der Waals surface area contributed by atoms with Crippen LogP contribution in [0, 0.1) is 24.4 Å². The molecule has 0 heterocycles. The van der Waals surface area contributed by atoms with Gasteiger partial charge in [0, 0.05) is 39.2 Å². The third-order valence-corrected chi connectivity index (χ3v) is 7.34. The van der Waals surface area contributed by atoms with E-state index in [0.29, 0.717) is 37.2 Å². The van der Waals surface area contributed by atoms with Gasteiger partial charge in [0.1, 0.15) is 17.3 Å². The minimum absolute atomic E-state index is 0.0390. The summed E-state index contributed by atoms with van der Waals surface area (Å²) >= 11 is 21.2. The fourth-order valence-electron chi connectivity index (χ4n) is 3.77. The minimum atomic E-state index is -0.607. The Labute approximate surface area is 253 Å². The van der Waals surface area contributed by atoms with Crippen molar-refractivity contribution in [1.82, 2.24) is 10.9 Å². The van der Waals surface area contributed by atoms with Gasteiger partial charge >= 0.3 is 0 Å². The van der Waals surface area contributed by atoms with E-state index < -0.39 is 17.5 Å². The van der Waals surface area contributed by atoms with Crippen molar-refractivity contribution in [2.24, 2.45) is 0 Å². The summed E-state index contributed by atoms with van der Waals surface area (Å²) in [7, 11) is 0. The van der Waals surface area contributed by atoms with E-state index in [1.807, 2.05) is 12.1 Å². The van der Waals surface area contributed by atoms with Gasteiger partial charge < -0.3 is 9.47 Å². The van der Waals surface area contributed by atoms with Gasteiger partial charge in [-0.05, 0) is 79.4 Å². The van der Waals surface area contributed by atoms with Gasteiger partial charge in [0.25, 0.3) is 0 Å². The normalized spacial score (nSPS) is 11.1. The first-order valence-corrected chi connectivity index (χ1v) is 14.0. The SMILES string of the molecule is Cc1c(Cl)ccc(Oc2cc(Cl)c(F)cc2CCNNCCc2ccc(Br)cc2Oc2ccc(Cl)cc2F)c1F. The summed E-state index contributed by atoms with van der Waals surface area (Å²) in [6.45, 7) is 2.45. The smallest absolute Gasteiger partial charge is 0.170 e. The van der Waals surface area contributed by atoms with Crippen molar-refractivity contribution >= 4 is 50.7 Å². The lowest BCUT2D eigenvalue weighted by atomic mass is 10.1. The molecule has 0 saturated heterocycles. The van der Waals surface area contributed by atoms with E-state index in [2.05, 4.69) is 26.8 Å². The highest BCUT2D eigenvalue weighted by atomic mass is 79.9. The van der Waals surface area contributed by atoms with Crippen molar-refractivity contribution in [2.75, 3.05) is 13.1 Å². The molecule has 210 valence electrons. The summed E-state index contributed by atoms with van der Waals surface area (Å²) < 4.78 is 55.4. The van der Waals surface area contributed by atoms with Gasteiger partial charge in [-0.25, -0.2) is 13.2 Å². The summed E-state index contributed by atoms with van der Waals surface area (Å²) in [5.41, 5.74) is 7.77. The molecular weight excluding hydrogens is 652 g/mol. The number of nitrogens with one attached hydrogen (secondary N) is 2. The summed E-state index contributed by atoms with van der Waals surface area (Å²) in [6, 6.07) is 15.3. The maximum absolute atomic E-state index is 14.6. The van der Waals surface area contributed by atoms with E-state index in [4.69, 9.17) is 44.3 Å². The van der Waals surface area contributed by atoms with Crippen molar-refractivity contribution in [1.29, 1.82) is 0 Å². The third-order valence-electron chi connectivity index (χ3n) is 5.91. The van der Waals surface area contributed by atoms with E-state index in [1.54, 1.807) is 12.1 Å². The number of hydrogen-bond acceptors (Lipinski definition) is 4. The van der Waals surface area contributed by atoms with Crippen LogP contribution < -0.4 is 20.3 Å². The van der Waals surface area contributed by atoms with E-state index in [0.717, 1.165) is 10.0 Å². The molecule has 4 aromatic rings. The van der Waals surface area contributed by atoms with E-state index in [1.165, 1.54) is 43.3 Å². The van der Waals surface area contributed by atoms with Gasteiger partial charge in [0.2, 0.25) is 0 Å². The number of hydrogen-bond donors (Lipinski definition) is 2. The Bertz CT molecular complexity index is 1520. The average Bonchev–Trinajstić information content (AvgIpc) is 2.91. The fraction of sp³-hybridized carbons (Fsp3) is 0.172. The van der Waals surface area contributed by atoms with E-state index in [-0.39, 0.29) is 37.9 Å². The fourth-order valence-corrected chi connectivity index (χ4v) is 4.57. The van der Waals surface area contributed by atoms with E-state index in [9.17, 15) is 13.2 Å². The van der Waals surface area contributed by atoms with Crippen LogP contribution in [0.15, 0.2) is 65.1 Å². The van der Waals surface area contributed by atoms with Crippen molar-refractivity contribution in [2.45, 2.75) is 19.8 Å². The van der Waals surface area contributed by atoms with Gasteiger partial charge in [-0.15, -0.1) is 0 Å². The molecule has 0 unspecified atom stereocenters. The number of ether oxygens (including phenoxy) is 2. The molecule has 0 spiro atoms. The second kappa shape index (κ2) is 13.9. The Balaban J connectivity index is 1.34. The number of hydrazine groups is 1. The first kappa shape index (κ1) is 30.5. The molecule has 0 aromatic heterocycles. The Kier molecular flexibility index (Phi) is 10.6. The van der Waals surface area contributed by atoms with Crippen molar-refractivity contribution in [3.63, 3.8) is 0 Å². The van der Waals surface area contributed by atoms with Gasteiger partial charge in [0.15, 0.2) is 23.1 Å². The lowest BCUT2D eigenvalue weighted by Gasteiger charge is -2.15. The molecule has 0 aliphatic heterocycles. The number of rotatable bonds is 11.